The second-order valence-electron chi connectivity index (χ2n) is 3.02. The zero-order chi connectivity index (χ0) is 9.14. The summed E-state index contributed by atoms with van der Waals surface area (Å²) in [7, 11) is 3.39. The van der Waals surface area contributed by atoms with Gasteiger partial charge in [0.25, 0.3) is 0 Å². The minimum atomic E-state index is 0.0544. The molecule has 0 aliphatic carbocycles. The highest BCUT2D eigenvalue weighted by Crippen LogP contribution is 2.28. The van der Waals surface area contributed by atoms with Gasteiger partial charge in [0, 0.05) is 20.1 Å². The Morgan fingerprint density at radius 1 is 1.33 bits per heavy atom. The Kier molecular flexibility index (Phi) is 3.96. The highest BCUT2D eigenvalue weighted by atomic mass is 79.9. The van der Waals surface area contributed by atoms with Gasteiger partial charge < -0.3 is 14.2 Å². The van der Waals surface area contributed by atoms with Gasteiger partial charge in [-0.3, -0.25) is 0 Å². The molecule has 1 rings (SSSR count). The molecule has 1 aliphatic heterocycles. The molecular formula is C8H15BrO3. The maximum atomic E-state index is 5.44. The van der Waals surface area contributed by atoms with E-state index in [0.717, 1.165) is 0 Å². The van der Waals surface area contributed by atoms with Crippen LogP contribution < -0.4 is 0 Å². The van der Waals surface area contributed by atoms with E-state index in [0.29, 0.717) is 12.5 Å². The first-order valence-electron chi connectivity index (χ1n) is 4.02. The summed E-state index contributed by atoms with van der Waals surface area (Å²) in [5.74, 6) is 0.314. The molecule has 72 valence electrons. The van der Waals surface area contributed by atoms with Crippen molar-refractivity contribution < 1.29 is 14.2 Å². The summed E-state index contributed by atoms with van der Waals surface area (Å²) >= 11 is 3.43. The van der Waals surface area contributed by atoms with Crippen LogP contribution in [-0.2, 0) is 14.2 Å². The number of ether oxygens (including phenoxy) is 3. The molecule has 3 nitrogen and oxygen atoms in total. The third-order valence-electron chi connectivity index (χ3n) is 2.29. The quantitative estimate of drug-likeness (QED) is 0.682. The van der Waals surface area contributed by atoms with Crippen molar-refractivity contribution in [2.45, 2.75) is 24.1 Å². The molecule has 0 N–H and O–H groups in total. The Labute approximate surface area is 81.5 Å². The zero-order valence-corrected chi connectivity index (χ0v) is 9.21. The SMILES string of the molecule is CO[C@@H]1[C@@H](C)[C@@H](Br)OC[C@H]1OC. The average molecular weight is 239 g/mol. The number of rotatable bonds is 2. The van der Waals surface area contributed by atoms with Gasteiger partial charge in [0.15, 0.2) is 0 Å². The normalized spacial score (nSPS) is 43.0. The Morgan fingerprint density at radius 3 is 2.50 bits per heavy atom. The molecular weight excluding hydrogens is 224 g/mol. The van der Waals surface area contributed by atoms with E-state index in [-0.39, 0.29) is 17.2 Å². The van der Waals surface area contributed by atoms with Crippen LogP contribution in [0.4, 0.5) is 0 Å². The summed E-state index contributed by atoms with van der Waals surface area (Å²) in [6.07, 6.45) is 0.173. The second kappa shape index (κ2) is 4.56. The Balaban J connectivity index is 2.58. The van der Waals surface area contributed by atoms with E-state index in [9.17, 15) is 0 Å². The minimum absolute atomic E-state index is 0.0544. The standard InChI is InChI=1S/C8H15BrO3/c1-5-7(11-3)6(10-2)4-12-8(5)9/h5-8H,4H2,1-3H3/t5-,6-,7-,8+/m1/s1. The number of hydrogen-bond donors (Lipinski definition) is 0. The highest BCUT2D eigenvalue weighted by molar-refractivity contribution is 9.09. The van der Waals surface area contributed by atoms with Gasteiger partial charge in [-0.25, -0.2) is 0 Å². The van der Waals surface area contributed by atoms with Crippen LogP contribution in [-0.4, -0.2) is 38.0 Å². The summed E-state index contributed by atoms with van der Waals surface area (Å²) in [5.41, 5.74) is 0. The van der Waals surface area contributed by atoms with Gasteiger partial charge in [0.05, 0.1) is 12.7 Å². The van der Waals surface area contributed by atoms with Gasteiger partial charge in [-0.15, -0.1) is 0 Å². The van der Waals surface area contributed by atoms with E-state index >= 15 is 0 Å². The Hall–Kier alpha value is 0.360. The van der Waals surface area contributed by atoms with Crippen molar-refractivity contribution in [3.63, 3.8) is 0 Å². The van der Waals surface area contributed by atoms with Crippen molar-refractivity contribution >= 4 is 15.9 Å². The lowest BCUT2D eigenvalue weighted by Gasteiger charge is -2.37. The molecule has 1 heterocycles. The number of halogens is 1. The molecule has 1 aliphatic rings. The maximum Gasteiger partial charge on any atom is 0.117 e. The molecule has 0 aromatic rings. The van der Waals surface area contributed by atoms with Crippen LogP contribution in [0.1, 0.15) is 6.92 Å². The van der Waals surface area contributed by atoms with E-state index < -0.39 is 0 Å². The van der Waals surface area contributed by atoms with Crippen molar-refractivity contribution in [2.75, 3.05) is 20.8 Å². The summed E-state index contributed by atoms with van der Waals surface area (Å²) in [4.78, 5) is 0. The molecule has 0 spiro atoms. The van der Waals surface area contributed by atoms with E-state index in [1.807, 2.05) is 0 Å². The molecule has 1 saturated heterocycles. The Morgan fingerprint density at radius 2 is 2.00 bits per heavy atom. The molecule has 0 aromatic heterocycles. The fourth-order valence-corrected chi connectivity index (χ4v) is 1.94. The lowest BCUT2D eigenvalue weighted by atomic mass is 9.98. The molecule has 0 aromatic carbocycles. The minimum Gasteiger partial charge on any atom is -0.378 e. The number of hydrogen-bond acceptors (Lipinski definition) is 3. The molecule has 4 heteroatoms. The van der Waals surface area contributed by atoms with Gasteiger partial charge in [-0.2, -0.15) is 0 Å². The van der Waals surface area contributed by atoms with E-state index in [1.165, 1.54) is 0 Å². The van der Waals surface area contributed by atoms with E-state index in [2.05, 4.69) is 22.9 Å². The van der Waals surface area contributed by atoms with Gasteiger partial charge in [0.1, 0.15) is 11.1 Å². The predicted octanol–water partition coefficient (Wildman–Crippen LogP) is 1.40. The molecule has 0 bridgehead atoms. The van der Waals surface area contributed by atoms with Crippen LogP contribution in [0.5, 0.6) is 0 Å². The fraction of sp³-hybridized carbons (Fsp3) is 1.00. The third-order valence-corrected chi connectivity index (χ3v) is 3.39. The monoisotopic (exact) mass is 238 g/mol. The van der Waals surface area contributed by atoms with E-state index in [4.69, 9.17) is 14.2 Å². The zero-order valence-electron chi connectivity index (χ0n) is 7.62. The van der Waals surface area contributed by atoms with Gasteiger partial charge >= 0.3 is 0 Å². The fourth-order valence-electron chi connectivity index (χ4n) is 1.49. The third kappa shape index (κ3) is 1.99. The van der Waals surface area contributed by atoms with Crippen molar-refractivity contribution in [3.05, 3.63) is 0 Å². The molecule has 1 fully saturated rings. The number of methoxy groups -OCH3 is 2. The smallest absolute Gasteiger partial charge is 0.117 e. The largest absolute Gasteiger partial charge is 0.378 e. The topological polar surface area (TPSA) is 27.7 Å². The van der Waals surface area contributed by atoms with Crippen molar-refractivity contribution in [1.82, 2.24) is 0 Å². The van der Waals surface area contributed by atoms with Crippen LogP contribution in [0.3, 0.4) is 0 Å². The molecule has 0 saturated carbocycles. The molecule has 0 unspecified atom stereocenters. The molecule has 12 heavy (non-hydrogen) atoms. The van der Waals surface area contributed by atoms with Crippen LogP contribution in [0, 0.1) is 5.92 Å². The summed E-state index contributed by atoms with van der Waals surface area (Å²) in [6, 6.07) is 0. The van der Waals surface area contributed by atoms with Crippen molar-refractivity contribution in [3.8, 4) is 0 Å². The first kappa shape index (κ1) is 10.4. The Bertz CT molecular complexity index is 140. The van der Waals surface area contributed by atoms with Crippen LogP contribution in [0.25, 0.3) is 0 Å². The maximum absolute atomic E-state index is 5.44. The first-order chi connectivity index (χ1) is 5.70. The summed E-state index contributed by atoms with van der Waals surface area (Å²) in [6.45, 7) is 2.67. The molecule has 4 atom stereocenters. The van der Waals surface area contributed by atoms with Gasteiger partial charge in [-0.1, -0.05) is 22.9 Å². The molecule has 0 radical (unpaired) electrons. The van der Waals surface area contributed by atoms with Crippen LogP contribution in [0.2, 0.25) is 0 Å². The van der Waals surface area contributed by atoms with Crippen molar-refractivity contribution in [1.29, 1.82) is 0 Å². The van der Waals surface area contributed by atoms with Gasteiger partial charge in [-0.05, 0) is 0 Å². The average Bonchev–Trinajstić information content (AvgIpc) is 2.09. The second-order valence-corrected chi connectivity index (χ2v) is 3.92. The predicted molar refractivity (Wildman–Crippen MR) is 49.4 cm³/mol. The van der Waals surface area contributed by atoms with Crippen molar-refractivity contribution in [2.24, 2.45) is 5.92 Å². The number of alkyl halides is 1. The molecule has 0 amide bonds. The van der Waals surface area contributed by atoms with Gasteiger partial charge in [0.2, 0.25) is 0 Å². The summed E-state index contributed by atoms with van der Waals surface area (Å²) in [5, 5.41) is 0.0776. The van der Waals surface area contributed by atoms with Crippen LogP contribution in [0.15, 0.2) is 0 Å². The lowest BCUT2D eigenvalue weighted by Crippen LogP contribution is -2.47. The lowest BCUT2D eigenvalue weighted by molar-refractivity contribution is -0.150. The van der Waals surface area contributed by atoms with E-state index in [1.54, 1.807) is 14.2 Å². The summed E-state index contributed by atoms with van der Waals surface area (Å²) < 4.78 is 16.0. The van der Waals surface area contributed by atoms with Crippen LogP contribution >= 0.6 is 15.9 Å². The first-order valence-corrected chi connectivity index (χ1v) is 4.93. The highest BCUT2D eigenvalue weighted by Gasteiger charge is 2.36.